The number of rotatable bonds is 7. The Kier molecular flexibility index (Phi) is 6.90. The Hall–Kier alpha value is -1.79. The third-order valence-corrected chi connectivity index (χ3v) is 7.06. The molecule has 29 heavy (non-hydrogen) atoms. The first-order valence-electron chi connectivity index (χ1n) is 8.31. The second-order valence-corrected chi connectivity index (χ2v) is 9.00. The number of hydrogen-bond acceptors (Lipinski definition) is 7. The van der Waals surface area contributed by atoms with Crippen molar-refractivity contribution in [1.29, 1.82) is 0 Å². The largest absolute Gasteiger partial charge is 1.00 e. The third kappa shape index (κ3) is 3.73. The van der Waals surface area contributed by atoms with Crippen LogP contribution in [0.2, 0.25) is 0 Å². The van der Waals surface area contributed by atoms with Crippen molar-refractivity contribution in [2.24, 2.45) is 0 Å². The summed E-state index contributed by atoms with van der Waals surface area (Å²) in [6, 6.07) is 6.98. The minimum absolute atomic E-state index is 0. The molecule has 1 aromatic carbocycles. The van der Waals surface area contributed by atoms with E-state index in [1.54, 1.807) is 30.3 Å². The van der Waals surface area contributed by atoms with Crippen LogP contribution in [0.15, 0.2) is 30.3 Å². The molecule has 0 aromatic heterocycles. The van der Waals surface area contributed by atoms with Gasteiger partial charge >= 0.3 is 29.6 Å². The number of carboxylic acids is 1. The van der Waals surface area contributed by atoms with Crippen LogP contribution in [-0.2, 0) is 30.4 Å². The fourth-order valence-corrected chi connectivity index (χ4v) is 5.48. The normalized spacial score (nSPS) is 29.0. The van der Waals surface area contributed by atoms with Gasteiger partial charge in [0.25, 0.3) is 17.5 Å². The summed E-state index contributed by atoms with van der Waals surface area (Å²) in [7, 11) is 0. The van der Waals surface area contributed by atoms with Crippen LogP contribution in [0.3, 0.4) is 0 Å². The SMILES string of the molecule is CC1(C)[C@H](C(=O)[O-])N2C(=O)[C@@](NC=O)(NC(=O)COc3ccccc3)[C@H]2[S+]1[O-].[Na+]. The maximum Gasteiger partial charge on any atom is 1.00 e. The number of amides is 3. The zero-order valence-electron chi connectivity index (χ0n) is 16.0. The van der Waals surface area contributed by atoms with Gasteiger partial charge in [0.05, 0.1) is 5.97 Å². The van der Waals surface area contributed by atoms with Gasteiger partial charge in [0.2, 0.25) is 11.8 Å². The zero-order chi connectivity index (χ0) is 20.7. The second-order valence-electron chi connectivity index (χ2n) is 6.91. The standard InChI is InChI=1S/C17H19N3O7S.Na/c1-16(2)12(13(23)24)20-14(25)17(18-9-21,15(20)28(16)26)19-11(22)8-27-10-6-4-3-5-7-10;/h3-7,9,12,15H,8H2,1-2H3,(H,18,21)(H,19,22)(H,23,24);/q;+1/p-1/t12-,15+,17+,28?;/m0./s1. The molecular weight excluding hydrogens is 413 g/mol. The topological polar surface area (TPSA) is 151 Å². The second kappa shape index (κ2) is 8.52. The average Bonchev–Trinajstić information content (AvgIpc) is 2.85. The molecule has 0 bridgehead atoms. The Labute approximate surface area is 191 Å². The van der Waals surface area contributed by atoms with Gasteiger partial charge in [-0.05, 0) is 37.2 Å². The monoisotopic (exact) mass is 431 g/mol. The Morgan fingerprint density at radius 2 is 1.93 bits per heavy atom. The van der Waals surface area contributed by atoms with E-state index in [0.717, 1.165) is 4.90 Å². The third-order valence-electron chi connectivity index (χ3n) is 4.81. The van der Waals surface area contributed by atoms with E-state index in [-0.39, 0.29) is 36.0 Å². The Morgan fingerprint density at radius 3 is 2.48 bits per heavy atom. The fourth-order valence-electron chi connectivity index (χ4n) is 3.50. The first-order valence-corrected chi connectivity index (χ1v) is 9.52. The molecule has 4 atom stereocenters. The van der Waals surface area contributed by atoms with Crippen molar-refractivity contribution in [2.75, 3.05) is 6.61 Å². The average molecular weight is 431 g/mol. The van der Waals surface area contributed by atoms with Crippen LogP contribution in [-0.4, -0.2) is 62.1 Å². The van der Waals surface area contributed by atoms with Crippen LogP contribution in [0.25, 0.3) is 0 Å². The molecule has 2 saturated heterocycles. The molecule has 10 nitrogen and oxygen atoms in total. The molecule has 0 aliphatic carbocycles. The number of ether oxygens (including phenoxy) is 1. The van der Waals surface area contributed by atoms with Crippen LogP contribution in [0, 0.1) is 0 Å². The molecule has 2 aliphatic heterocycles. The van der Waals surface area contributed by atoms with E-state index >= 15 is 0 Å². The molecule has 150 valence electrons. The van der Waals surface area contributed by atoms with E-state index in [1.165, 1.54) is 13.8 Å². The smallest absolute Gasteiger partial charge is 0.614 e. The van der Waals surface area contributed by atoms with Crippen molar-refractivity contribution in [3.8, 4) is 5.75 Å². The number of fused-ring (bicyclic) bond motifs is 1. The Bertz CT molecular complexity index is 825. The summed E-state index contributed by atoms with van der Waals surface area (Å²) < 4.78 is 16.9. The van der Waals surface area contributed by atoms with Gasteiger partial charge in [-0.3, -0.25) is 19.3 Å². The molecule has 12 heteroatoms. The van der Waals surface area contributed by atoms with Crippen molar-refractivity contribution >= 4 is 35.4 Å². The first kappa shape index (κ1) is 23.5. The van der Waals surface area contributed by atoms with Crippen LogP contribution < -0.4 is 50.0 Å². The molecule has 2 aliphatic rings. The van der Waals surface area contributed by atoms with Crippen LogP contribution in [0.4, 0.5) is 0 Å². The summed E-state index contributed by atoms with van der Waals surface area (Å²) in [4.78, 5) is 48.6. The van der Waals surface area contributed by atoms with Crippen LogP contribution in [0.5, 0.6) is 5.75 Å². The molecule has 1 unspecified atom stereocenters. The molecule has 2 N–H and O–H groups in total. The van der Waals surface area contributed by atoms with Crippen molar-refractivity contribution in [3.05, 3.63) is 30.3 Å². The number of para-hydroxylation sites is 1. The summed E-state index contributed by atoms with van der Waals surface area (Å²) in [6.45, 7) is 2.37. The van der Waals surface area contributed by atoms with Crippen LogP contribution in [0.1, 0.15) is 13.8 Å². The number of nitrogens with one attached hydrogen (secondary N) is 2. The van der Waals surface area contributed by atoms with Crippen molar-refractivity contribution in [3.63, 3.8) is 0 Å². The minimum Gasteiger partial charge on any atom is -0.614 e. The van der Waals surface area contributed by atoms with Crippen LogP contribution >= 0.6 is 0 Å². The Morgan fingerprint density at radius 1 is 1.31 bits per heavy atom. The van der Waals surface area contributed by atoms with Gasteiger partial charge in [-0.15, -0.1) is 0 Å². The summed E-state index contributed by atoms with van der Waals surface area (Å²) in [6.07, 6.45) is 0.185. The predicted molar refractivity (Wildman–Crippen MR) is 93.7 cm³/mol. The number of carboxylic acid groups (broad SMARTS) is 1. The van der Waals surface area contributed by atoms with Gasteiger partial charge in [-0.1, -0.05) is 18.2 Å². The summed E-state index contributed by atoms with van der Waals surface area (Å²) >= 11 is -1.91. The maximum atomic E-state index is 12.9. The predicted octanol–water partition coefficient (Wildman–Crippen LogP) is -5.54. The zero-order valence-corrected chi connectivity index (χ0v) is 18.9. The molecule has 3 amide bonds. The van der Waals surface area contributed by atoms with E-state index in [1.807, 2.05) is 0 Å². The number of hydrogen-bond donors (Lipinski definition) is 2. The molecule has 3 rings (SSSR count). The van der Waals surface area contributed by atoms with Gasteiger partial charge in [-0.25, -0.2) is 0 Å². The van der Waals surface area contributed by atoms with Gasteiger partial charge in [0, 0.05) is 0 Å². The number of aliphatic carboxylic acids is 1. The fraction of sp³-hybridized carbons (Fsp3) is 0.412. The molecule has 2 heterocycles. The maximum absolute atomic E-state index is 12.9. The van der Waals surface area contributed by atoms with E-state index in [0.29, 0.717) is 5.75 Å². The van der Waals surface area contributed by atoms with E-state index in [9.17, 15) is 28.8 Å². The molecule has 0 radical (unpaired) electrons. The number of nitrogens with zero attached hydrogens (tertiary/aromatic N) is 1. The number of benzene rings is 1. The van der Waals surface area contributed by atoms with Crippen molar-refractivity contribution < 1.29 is 63.1 Å². The summed E-state index contributed by atoms with van der Waals surface area (Å²) in [5, 5.41) is 14.8. The Balaban J connectivity index is 0.00000300. The van der Waals surface area contributed by atoms with Gasteiger partial charge in [0.1, 0.15) is 16.5 Å². The molecule has 1 aromatic rings. The van der Waals surface area contributed by atoms with Gasteiger partial charge in [0.15, 0.2) is 6.61 Å². The van der Waals surface area contributed by atoms with Crippen molar-refractivity contribution in [2.45, 2.75) is 35.7 Å². The van der Waals surface area contributed by atoms with Gasteiger partial charge in [-0.2, -0.15) is 0 Å². The van der Waals surface area contributed by atoms with Gasteiger partial charge < -0.3 is 29.8 Å². The van der Waals surface area contributed by atoms with E-state index in [2.05, 4.69) is 10.6 Å². The minimum atomic E-state index is -2.01. The summed E-state index contributed by atoms with van der Waals surface area (Å²) in [5.74, 6) is -2.78. The number of carbonyl (C=O) groups excluding carboxylic acids is 4. The molecule has 0 spiro atoms. The molecular formula is C17H18N3NaO7S. The van der Waals surface area contributed by atoms with E-state index in [4.69, 9.17) is 4.74 Å². The first-order chi connectivity index (χ1) is 13.2. The molecule has 0 saturated carbocycles. The quantitative estimate of drug-likeness (QED) is 0.144. The molecule has 2 fully saturated rings. The van der Waals surface area contributed by atoms with Crippen molar-refractivity contribution in [1.82, 2.24) is 15.5 Å². The number of carbonyl (C=O) groups is 4. The number of β-lactam (4-membered cyclic amide) rings is 1. The summed E-state index contributed by atoms with van der Waals surface area (Å²) in [5.41, 5.74) is -2.01. The van der Waals surface area contributed by atoms with E-state index < -0.39 is 57.4 Å².